The molecule has 4 aromatic rings. The van der Waals surface area contributed by atoms with E-state index in [9.17, 15) is 13.6 Å². The van der Waals surface area contributed by atoms with Gasteiger partial charge in [-0.25, -0.2) is 13.6 Å². The third-order valence-corrected chi connectivity index (χ3v) is 8.30. The molecule has 1 amide bonds. The molecule has 0 unspecified atom stereocenters. The topological polar surface area (TPSA) is 55.8 Å². The molecule has 0 bridgehead atoms. The Bertz CT molecular complexity index is 1400. The van der Waals surface area contributed by atoms with Crippen LogP contribution >= 0.6 is 30.5 Å². The summed E-state index contributed by atoms with van der Waals surface area (Å²) < 4.78 is 53.5. The van der Waals surface area contributed by atoms with Crippen molar-refractivity contribution >= 4 is 47.2 Å². The summed E-state index contributed by atoms with van der Waals surface area (Å²) in [6.45, 7) is 0. The molecule has 5 nitrogen and oxygen atoms in total. The number of hydrogen-bond acceptors (Lipinski definition) is 4. The maximum atomic E-state index is 15.1. The minimum atomic E-state index is -4.13. The summed E-state index contributed by atoms with van der Waals surface area (Å²) in [5.41, 5.74) is 0. The zero-order valence-electron chi connectivity index (χ0n) is 18.9. The second kappa shape index (κ2) is 11.6. The maximum absolute atomic E-state index is 15.1. The number of hydrogen-bond donors (Lipinski definition) is 0. The third-order valence-electron chi connectivity index (χ3n) is 5.07. The fourth-order valence-electron chi connectivity index (χ4n) is 3.39. The predicted molar refractivity (Wildman–Crippen MR) is 140 cm³/mol. The molecule has 0 aromatic heterocycles. The second-order valence-electron chi connectivity index (χ2n) is 7.50. The minimum Gasteiger partial charge on any atom is -0.438 e. The number of carbonyl (C=O) groups is 1. The average Bonchev–Trinajstić information content (AvgIpc) is 2.91. The Balaban J connectivity index is 1.91. The standard InChI is InChI=1S/C27H18Cl2F2NO4P/c28-25(29)26(35-21-15-11-19(30)12-16-21)32(27(33)36-22-17-13-20(31)14-18-22)37(34,23-7-3-1-4-8-23)24-9-5-2-6-10-24/h1-18H. The summed E-state index contributed by atoms with van der Waals surface area (Å²) in [6, 6.07) is 25.8. The monoisotopic (exact) mass is 559 g/mol. The first-order chi connectivity index (χ1) is 17.8. The van der Waals surface area contributed by atoms with Crippen LogP contribution in [-0.4, -0.2) is 10.8 Å². The van der Waals surface area contributed by atoms with Gasteiger partial charge in [0.2, 0.25) is 13.2 Å². The van der Waals surface area contributed by atoms with Crippen LogP contribution in [0.1, 0.15) is 0 Å². The van der Waals surface area contributed by atoms with E-state index in [0.717, 1.165) is 28.9 Å². The van der Waals surface area contributed by atoms with Crippen LogP contribution < -0.4 is 20.1 Å². The van der Waals surface area contributed by atoms with Crippen LogP contribution in [0.5, 0.6) is 11.5 Å². The number of ether oxygens (including phenoxy) is 2. The molecule has 0 saturated carbocycles. The smallest absolute Gasteiger partial charge is 0.428 e. The van der Waals surface area contributed by atoms with Gasteiger partial charge in [-0.2, -0.15) is 4.67 Å². The number of carbonyl (C=O) groups excluding carboxylic acids is 1. The summed E-state index contributed by atoms with van der Waals surface area (Å²) >= 11 is 12.4. The SMILES string of the molecule is O=C(Oc1ccc(F)cc1)N(C(Oc1ccc(F)cc1)=C(Cl)Cl)P(=O)(c1ccccc1)c1ccccc1. The van der Waals surface area contributed by atoms with Crippen LogP contribution in [0.2, 0.25) is 0 Å². The van der Waals surface area contributed by atoms with Gasteiger partial charge in [0.15, 0.2) is 4.49 Å². The van der Waals surface area contributed by atoms with Crippen molar-refractivity contribution in [3.63, 3.8) is 0 Å². The lowest BCUT2D eigenvalue weighted by molar-refractivity contribution is 0.173. The highest BCUT2D eigenvalue weighted by Gasteiger charge is 2.44. The molecule has 37 heavy (non-hydrogen) atoms. The van der Waals surface area contributed by atoms with Crippen molar-refractivity contribution in [3.05, 3.63) is 131 Å². The Morgan fingerprint density at radius 2 is 1.05 bits per heavy atom. The van der Waals surface area contributed by atoms with E-state index < -0.39 is 35.4 Å². The molecule has 4 rings (SSSR count). The highest BCUT2D eigenvalue weighted by molar-refractivity contribution is 7.77. The summed E-state index contributed by atoms with van der Waals surface area (Å²) in [7, 11) is -4.13. The van der Waals surface area contributed by atoms with E-state index in [4.69, 9.17) is 32.7 Å². The summed E-state index contributed by atoms with van der Waals surface area (Å²) in [5.74, 6) is -1.56. The first-order valence-electron chi connectivity index (χ1n) is 10.8. The van der Waals surface area contributed by atoms with Crippen molar-refractivity contribution in [3.8, 4) is 11.5 Å². The van der Waals surface area contributed by atoms with Crippen LogP contribution in [0.15, 0.2) is 120 Å². The van der Waals surface area contributed by atoms with E-state index in [-0.39, 0.29) is 22.1 Å². The van der Waals surface area contributed by atoms with Gasteiger partial charge in [-0.3, -0.25) is 4.57 Å². The fraction of sp³-hybridized carbons (Fsp3) is 0. The van der Waals surface area contributed by atoms with Gasteiger partial charge >= 0.3 is 6.09 Å². The molecule has 0 N–H and O–H groups in total. The van der Waals surface area contributed by atoms with Crippen molar-refractivity contribution < 1.29 is 27.6 Å². The van der Waals surface area contributed by atoms with E-state index >= 15 is 4.57 Å². The van der Waals surface area contributed by atoms with Gasteiger partial charge in [0.05, 0.1) is 0 Å². The molecule has 188 valence electrons. The van der Waals surface area contributed by atoms with E-state index in [1.807, 2.05) is 0 Å². The fourth-order valence-corrected chi connectivity index (χ4v) is 6.33. The first kappa shape index (κ1) is 26.4. The Morgan fingerprint density at radius 3 is 1.46 bits per heavy atom. The summed E-state index contributed by atoms with van der Waals surface area (Å²) in [5, 5.41) is 0.485. The van der Waals surface area contributed by atoms with Gasteiger partial charge in [-0.15, -0.1) is 0 Å². The highest BCUT2D eigenvalue weighted by atomic mass is 35.5. The highest BCUT2D eigenvalue weighted by Crippen LogP contribution is 2.51. The molecular formula is C27H18Cl2F2NO4P. The van der Waals surface area contributed by atoms with Gasteiger partial charge in [0.25, 0.3) is 0 Å². The molecular weight excluding hydrogens is 542 g/mol. The molecule has 0 aliphatic carbocycles. The molecule has 0 radical (unpaired) electrons. The van der Waals surface area contributed by atoms with Crippen molar-refractivity contribution in [1.82, 2.24) is 4.67 Å². The first-order valence-corrected chi connectivity index (χ1v) is 13.2. The average molecular weight is 560 g/mol. The molecule has 0 spiro atoms. The van der Waals surface area contributed by atoms with E-state index in [1.165, 1.54) is 24.3 Å². The minimum absolute atomic E-state index is 0.0316. The lowest BCUT2D eigenvalue weighted by Crippen LogP contribution is -2.39. The van der Waals surface area contributed by atoms with Crippen LogP contribution in [0.4, 0.5) is 13.6 Å². The van der Waals surface area contributed by atoms with Crippen LogP contribution in [0.3, 0.4) is 0 Å². The Labute approximate surface area is 221 Å². The number of benzene rings is 4. The molecule has 0 fully saturated rings. The number of rotatable bonds is 7. The van der Waals surface area contributed by atoms with Crippen molar-refractivity contribution in [1.29, 1.82) is 0 Å². The second-order valence-corrected chi connectivity index (χ2v) is 11.0. The van der Waals surface area contributed by atoms with Crippen LogP contribution in [0.25, 0.3) is 0 Å². The van der Waals surface area contributed by atoms with Crippen molar-refractivity contribution in [2.75, 3.05) is 0 Å². The van der Waals surface area contributed by atoms with Crippen LogP contribution in [0, 0.1) is 11.6 Å². The number of nitrogens with zero attached hydrogens (tertiary/aromatic N) is 1. The summed E-state index contributed by atoms with van der Waals surface area (Å²) in [6.07, 6.45) is -1.17. The number of amides is 1. The quantitative estimate of drug-likeness (QED) is 0.175. The van der Waals surface area contributed by atoms with Gasteiger partial charge in [0.1, 0.15) is 23.1 Å². The Hall–Kier alpha value is -3.64. The van der Waals surface area contributed by atoms with Crippen molar-refractivity contribution in [2.45, 2.75) is 0 Å². The lowest BCUT2D eigenvalue weighted by Gasteiger charge is -2.32. The molecule has 0 atom stereocenters. The zero-order chi connectivity index (χ0) is 26.4. The van der Waals surface area contributed by atoms with Gasteiger partial charge < -0.3 is 9.47 Å². The molecule has 10 heteroatoms. The summed E-state index contributed by atoms with van der Waals surface area (Å²) in [4.78, 5) is 13.7. The maximum Gasteiger partial charge on any atom is 0.428 e. The van der Waals surface area contributed by atoms with E-state index in [2.05, 4.69) is 0 Å². The van der Waals surface area contributed by atoms with Gasteiger partial charge in [-0.05, 0) is 72.8 Å². The largest absolute Gasteiger partial charge is 0.438 e. The third kappa shape index (κ3) is 6.03. The Morgan fingerprint density at radius 1 is 0.649 bits per heavy atom. The van der Waals surface area contributed by atoms with Gasteiger partial charge in [-0.1, -0.05) is 59.6 Å². The molecule has 0 heterocycles. The van der Waals surface area contributed by atoms with E-state index in [0.29, 0.717) is 0 Å². The lowest BCUT2D eigenvalue weighted by atomic mass is 10.3. The van der Waals surface area contributed by atoms with Crippen LogP contribution in [-0.2, 0) is 4.57 Å². The molecule has 4 aromatic carbocycles. The molecule has 0 aliphatic rings. The Kier molecular flexibility index (Phi) is 8.29. The van der Waals surface area contributed by atoms with Crippen molar-refractivity contribution in [2.24, 2.45) is 0 Å². The van der Waals surface area contributed by atoms with E-state index in [1.54, 1.807) is 60.7 Å². The normalized spacial score (nSPS) is 10.9. The number of halogens is 4. The molecule has 0 aliphatic heterocycles. The molecule has 0 saturated heterocycles. The predicted octanol–water partition coefficient (Wildman–Crippen LogP) is 7.38. The zero-order valence-corrected chi connectivity index (χ0v) is 21.3. The van der Waals surface area contributed by atoms with Gasteiger partial charge in [0, 0.05) is 10.6 Å².